The van der Waals surface area contributed by atoms with Gasteiger partial charge in [-0.1, -0.05) is 61.9 Å². The van der Waals surface area contributed by atoms with Gasteiger partial charge >= 0.3 is 0 Å². The lowest BCUT2D eigenvalue weighted by Crippen LogP contribution is -2.37. The van der Waals surface area contributed by atoms with E-state index < -0.39 is 21.2 Å². The monoisotopic (exact) mass is 508 g/mol. The smallest absolute Gasteiger partial charge is 0.264 e. The van der Waals surface area contributed by atoms with Crippen molar-refractivity contribution in [2.45, 2.75) is 64.5 Å². The van der Waals surface area contributed by atoms with Gasteiger partial charge in [0.1, 0.15) is 0 Å². The molecule has 0 saturated carbocycles. The number of hydrogen-bond donors (Lipinski definition) is 2. The molecule has 0 aliphatic heterocycles. The van der Waals surface area contributed by atoms with Gasteiger partial charge in [0, 0.05) is 38.6 Å². The van der Waals surface area contributed by atoms with E-state index in [0.29, 0.717) is 28.5 Å². The molecular weight excluding hydrogens is 479 g/mol. The van der Waals surface area contributed by atoms with Crippen molar-refractivity contribution in [3.8, 4) is 0 Å². The summed E-state index contributed by atoms with van der Waals surface area (Å²) in [5, 5.41) is 1.37. The van der Waals surface area contributed by atoms with Gasteiger partial charge in [-0.25, -0.2) is 13.1 Å². The summed E-state index contributed by atoms with van der Waals surface area (Å²) in [5.41, 5.74) is 4.04. The number of halogens is 2. The molecule has 2 aromatic carbocycles. The van der Waals surface area contributed by atoms with Crippen LogP contribution in [-0.2, 0) is 16.4 Å². The molecular formula is C25H30Cl2N2O3S. The van der Waals surface area contributed by atoms with Crippen molar-refractivity contribution in [2.75, 3.05) is 0 Å². The van der Waals surface area contributed by atoms with Crippen LogP contribution < -0.4 is 4.72 Å². The lowest BCUT2D eigenvalue weighted by molar-refractivity contribution is 0.0981. The van der Waals surface area contributed by atoms with E-state index in [0.717, 1.165) is 53.4 Å². The maximum Gasteiger partial charge on any atom is 0.264 e. The van der Waals surface area contributed by atoms with Crippen LogP contribution in [0.5, 0.6) is 0 Å². The Hall–Kier alpha value is -2.02. The number of benzene rings is 2. The van der Waals surface area contributed by atoms with Gasteiger partial charge in [0.25, 0.3) is 5.91 Å². The Kier molecular flexibility index (Phi) is 8.48. The molecule has 8 heteroatoms. The van der Waals surface area contributed by atoms with E-state index in [2.05, 4.69) is 16.6 Å². The first-order chi connectivity index (χ1) is 15.6. The van der Waals surface area contributed by atoms with Gasteiger partial charge in [0.15, 0.2) is 0 Å². The second kappa shape index (κ2) is 10.9. The number of nitrogens with one attached hydrogen (secondary N) is 2. The molecule has 0 spiro atoms. The molecule has 0 bridgehead atoms. The van der Waals surface area contributed by atoms with Crippen molar-refractivity contribution >= 4 is 50.0 Å². The van der Waals surface area contributed by atoms with Gasteiger partial charge in [0.2, 0.25) is 10.0 Å². The van der Waals surface area contributed by atoms with Crippen molar-refractivity contribution in [3.63, 3.8) is 0 Å². The zero-order valence-corrected chi connectivity index (χ0v) is 21.5. The fourth-order valence-corrected chi connectivity index (χ4v) is 5.44. The van der Waals surface area contributed by atoms with Crippen LogP contribution in [-0.4, -0.2) is 24.6 Å². The number of amides is 1. The minimum atomic E-state index is -3.75. The number of aromatic amines is 1. The molecule has 0 radical (unpaired) electrons. The molecule has 3 aromatic rings. The highest BCUT2D eigenvalue weighted by molar-refractivity contribution is 7.90. The molecule has 1 aromatic heterocycles. The molecule has 1 amide bonds. The minimum absolute atomic E-state index is 0.298. The Morgan fingerprint density at radius 3 is 2.55 bits per heavy atom. The molecule has 1 atom stereocenters. The summed E-state index contributed by atoms with van der Waals surface area (Å²) >= 11 is 12.4. The second-order valence-corrected chi connectivity index (χ2v) is 11.5. The molecule has 5 nitrogen and oxygen atoms in total. The van der Waals surface area contributed by atoms with E-state index in [1.54, 1.807) is 37.3 Å². The number of H-pyrrole nitrogens is 1. The third-order valence-electron chi connectivity index (χ3n) is 5.99. The molecule has 0 saturated heterocycles. The van der Waals surface area contributed by atoms with Crippen LogP contribution in [0.2, 0.25) is 10.0 Å². The van der Waals surface area contributed by atoms with Gasteiger partial charge in [0.05, 0.1) is 5.25 Å². The summed E-state index contributed by atoms with van der Waals surface area (Å²) in [6.45, 7) is 5.72. The predicted octanol–water partition coefficient (Wildman–Crippen LogP) is 6.79. The third kappa shape index (κ3) is 6.31. The summed E-state index contributed by atoms with van der Waals surface area (Å²) < 4.78 is 27.6. The Balaban J connectivity index is 1.81. The Morgan fingerprint density at radius 2 is 1.85 bits per heavy atom. The Morgan fingerprint density at radius 1 is 1.09 bits per heavy atom. The molecule has 0 fully saturated rings. The lowest BCUT2D eigenvalue weighted by atomic mass is 10.0. The maximum atomic E-state index is 12.8. The highest BCUT2D eigenvalue weighted by Gasteiger charge is 2.24. The minimum Gasteiger partial charge on any atom is -0.358 e. The molecule has 2 N–H and O–H groups in total. The second-order valence-electron chi connectivity index (χ2n) is 8.54. The number of sulfonamides is 1. The van der Waals surface area contributed by atoms with E-state index in [-0.39, 0.29) is 0 Å². The first-order valence-corrected chi connectivity index (χ1v) is 13.5. The van der Waals surface area contributed by atoms with Crippen molar-refractivity contribution in [1.82, 2.24) is 9.71 Å². The number of aromatic nitrogens is 1. The summed E-state index contributed by atoms with van der Waals surface area (Å²) in [6.07, 6.45) is 5.08. The molecule has 0 aliphatic rings. The fraction of sp³-hybridized carbons (Fsp3) is 0.400. The van der Waals surface area contributed by atoms with E-state index in [1.807, 2.05) is 13.0 Å². The van der Waals surface area contributed by atoms with E-state index in [1.165, 1.54) is 0 Å². The van der Waals surface area contributed by atoms with Crippen LogP contribution in [0.4, 0.5) is 0 Å². The number of carbonyl (C=O) groups is 1. The molecule has 1 heterocycles. The van der Waals surface area contributed by atoms with Gasteiger partial charge in [-0.15, -0.1) is 0 Å². The average molecular weight is 509 g/mol. The summed E-state index contributed by atoms with van der Waals surface area (Å²) in [5.74, 6) is -0.619. The Bertz CT molecular complexity index is 1250. The number of unbranched alkanes of at least 4 members (excludes halogenated alkanes) is 3. The predicted molar refractivity (Wildman–Crippen MR) is 137 cm³/mol. The van der Waals surface area contributed by atoms with Crippen LogP contribution in [0.3, 0.4) is 0 Å². The van der Waals surface area contributed by atoms with Crippen LogP contribution in [0.1, 0.15) is 73.1 Å². The summed E-state index contributed by atoms with van der Waals surface area (Å²) in [7, 11) is -3.75. The van der Waals surface area contributed by atoms with Crippen molar-refractivity contribution in [1.29, 1.82) is 0 Å². The fourth-order valence-electron chi connectivity index (χ4n) is 3.91. The van der Waals surface area contributed by atoms with Crippen molar-refractivity contribution in [3.05, 3.63) is 68.8 Å². The van der Waals surface area contributed by atoms with E-state index in [4.69, 9.17) is 23.2 Å². The molecule has 1 unspecified atom stereocenters. The quantitative estimate of drug-likeness (QED) is 0.295. The number of hydrogen-bond acceptors (Lipinski definition) is 3. The lowest BCUT2D eigenvalue weighted by Gasteiger charge is -2.14. The topological polar surface area (TPSA) is 79.0 Å². The molecule has 0 aliphatic carbocycles. The zero-order chi connectivity index (χ0) is 24.2. The maximum absolute atomic E-state index is 12.8. The first-order valence-electron chi connectivity index (χ1n) is 11.2. The normalized spacial score (nSPS) is 12.8. The van der Waals surface area contributed by atoms with Crippen molar-refractivity contribution < 1.29 is 13.2 Å². The molecule has 178 valence electrons. The number of carbonyl (C=O) groups excluding carboxylic acids is 1. The van der Waals surface area contributed by atoms with Crippen molar-refractivity contribution in [2.24, 2.45) is 0 Å². The van der Waals surface area contributed by atoms with Crippen LogP contribution in [0.25, 0.3) is 10.9 Å². The highest BCUT2D eigenvalue weighted by atomic mass is 35.5. The van der Waals surface area contributed by atoms with E-state index >= 15 is 0 Å². The van der Waals surface area contributed by atoms with Gasteiger partial charge in [-0.3, -0.25) is 4.79 Å². The van der Waals surface area contributed by atoms with Crippen LogP contribution in [0.15, 0.2) is 36.4 Å². The zero-order valence-electron chi connectivity index (χ0n) is 19.2. The standard InChI is InChI=1S/C25H30Cl2N2O3S/c1-4-5-6-7-8-16(2)33(31,32)29-25(30)19-10-12-24-22(14-19)21(17(3)28-24)13-18-9-11-20(26)15-23(18)27/h9-12,14-16,28H,4-8,13H2,1-3H3,(H,29,30). The third-order valence-corrected chi connectivity index (χ3v) is 8.34. The van der Waals surface area contributed by atoms with Crippen LogP contribution >= 0.6 is 23.2 Å². The Labute approximate surface area is 205 Å². The summed E-state index contributed by atoms with van der Waals surface area (Å²) in [6, 6.07) is 10.5. The van der Waals surface area contributed by atoms with Gasteiger partial charge < -0.3 is 4.98 Å². The number of fused-ring (bicyclic) bond motifs is 1. The van der Waals surface area contributed by atoms with E-state index in [9.17, 15) is 13.2 Å². The number of rotatable bonds is 10. The SMILES string of the molecule is CCCCCCC(C)S(=O)(=O)NC(=O)c1ccc2[nH]c(C)c(Cc3ccc(Cl)cc3Cl)c2c1. The first kappa shape index (κ1) is 25.6. The largest absolute Gasteiger partial charge is 0.358 e. The highest BCUT2D eigenvalue weighted by Crippen LogP contribution is 2.29. The average Bonchev–Trinajstić information content (AvgIpc) is 3.06. The van der Waals surface area contributed by atoms with Gasteiger partial charge in [-0.05, 0) is 61.7 Å². The summed E-state index contributed by atoms with van der Waals surface area (Å²) in [4.78, 5) is 16.1. The number of aryl methyl sites for hydroxylation is 1. The molecule has 33 heavy (non-hydrogen) atoms. The molecule has 3 rings (SSSR count). The van der Waals surface area contributed by atoms with Gasteiger partial charge in [-0.2, -0.15) is 0 Å². The van der Waals surface area contributed by atoms with Crippen LogP contribution in [0, 0.1) is 6.92 Å².